The van der Waals surface area contributed by atoms with Gasteiger partial charge in [-0.2, -0.15) is 0 Å². The Bertz CT molecular complexity index is 134. The first-order valence-corrected chi connectivity index (χ1v) is 2.48. The van der Waals surface area contributed by atoms with Gasteiger partial charge in [0.25, 0.3) is 0 Å². The van der Waals surface area contributed by atoms with Crippen LogP contribution in [0, 0.1) is 11.8 Å². The van der Waals surface area contributed by atoms with E-state index in [0.717, 1.165) is 5.57 Å². The molecule has 1 N–H and O–H groups in total. The molecule has 0 amide bonds. The van der Waals surface area contributed by atoms with Crippen molar-refractivity contribution in [2.24, 2.45) is 0 Å². The van der Waals surface area contributed by atoms with Gasteiger partial charge in [-0.05, 0) is 19.4 Å². The molecule has 0 saturated heterocycles. The summed E-state index contributed by atoms with van der Waals surface area (Å²) in [5.41, 5.74) is 0.783. The van der Waals surface area contributed by atoms with Gasteiger partial charge < -0.3 is 5.11 Å². The second-order valence-electron chi connectivity index (χ2n) is 1.73. The first-order valence-electron chi connectivity index (χ1n) is 2.48. The maximum Gasteiger partial charge on any atom is 0.112 e. The summed E-state index contributed by atoms with van der Waals surface area (Å²) in [6, 6.07) is 0. The van der Waals surface area contributed by atoms with Crippen molar-refractivity contribution in [3.05, 3.63) is 12.2 Å². The van der Waals surface area contributed by atoms with Gasteiger partial charge in [-0.15, -0.1) is 0 Å². The molecule has 0 unspecified atom stereocenters. The van der Waals surface area contributed by atoms with Crippen molar-refractivity contribution in [3.8, 4) is 11.8 Å². The molecule has 0 saturated carbocycles. The molecule has 0 aliphatic carbocycles. The number of hydrogen-bond acceptors (Lipinski definition) is 1. The fourth-order valence-corrected chi connectivity index (χ4v) is 0.228. The van der Waals surface area contributed by atoms with Crippen molar-refractivity contribution in [3.63, 3.8) is 0 Å². The van der Waals surface area contributed by atoms with E-state index >= 15 is 0 Å². The van der Waals surface area contributed by atoms with Crippen molar-refractivity contribution in [2.75, 3.05) is 0 Å². The fraction of sp³-hybridized carbons (Fsp3) is 0.429. The van der Waals surface area contributed by atoms with Gasteiger partial charge in [0, 0.05) is 0 Å². The second kappa shape index (κ2) is 3.29. The topological polar surface area (TPSA) is 20.2 Å². The minimum Gasteiger partial charge on any atom is -0.381 e. The number of aliphatic hydroxyl groups is 1. The fourth-order valence-electron chi connectivity index (χ4n) is 0.228. The molecule has 0 aliphatic heterocycles. The maximum atomic E-state index is 8.59. The zero-order valence-electron chi connectivity index (χ0n) is 5.23. The molecule has 0 heterocycles. The van der Waals surface area contributed by atoms with Crippen LogP contribution in [0.1, 0.15) is 13.8 Å². The molecule has 1 heteroatoms. The maximum absolute atomic E-state index is 8.59. The standard InChI is InChI=1S/C7H10O/c1-6(2)4-5-7(3)8/h7-8H,1H2,2-3H3/t7-/m0/s1. The second-order valence-corrected chi connectivity index (χ2v) is 1.73. The van der Waals surface area contributed by atoms with Crippen LogP contribution >= 0.6 is 0 Å². The van der Waals surface area contributed by atoms with E-state index in [1.165, 1.54) is 0 Å². The molecular weight excluding hydrogens is 100 g/mol. The summed E-state index contributed by atoms with van der Waals surface area (Å²) in [6.07, 6.45) is -0.535. The van der Waals surface area contributed by atoms with E-state index in [1.54, 1.807) is 13.8 Å². The molecule has 0 aromatic heterocycles. The largest absolute Gasteiger partial charge is 0.381 e. The summed E-state index contributed by atoms with van der Waals surface area (Å²) in [5.74, 6) is 5.20. The summed E-state index contributed by atoms with van der Waals surface area (Å²) in [4.78, 5) is 0. The minimum atomic E-state index is -0.535. The third kappa shape index (κ3) is 5.26. The van der Waals surface area contributed by atoms with Crippen LogP contribution in [0.2, 0.25) is 0 Å². The average molecular weight is 110 g/mol. The first kappa shape index (κ1) is 7.26. The third-order valence-corrected chi connectivity index (χ3v) is 0.494. The van der Waals surface area contributed by atoms with Gasteiger partial charge >= 0.3 is 0 Å². The van der Waals surface area contributed by atoms with E-state index in [0.29, 0.717) is 0 Å². The highest BCUT2D eigenvalue weighted by Crippen LogP contribution is 1.81. The third-order valence-electron chi connectivity index (χ3n) is 0.494. The summed E-state index contributed by atoms with van der Waals surface area (Å²) >= 11 is 0. The number of allylic oxidation sites excluding steroid dienone is 1. The van der Waals surface area contributed by atoms with Crippen molar-refractivity contribution < 1.29 is 5.11 Å². The summed E-state index contributed by atoms with van der Waals surface area (Å²) in [6.45, 7) is 6.96. The lowest BCUT2D eigenvalue weighted by atomic mass is 10.3. The van der Waals surface area contributed by atoms with Gasteiger partial charge in [-0.3, -0.25) is 0 Å². The molecule has 0 aromatic rings. The molecule has 44 valence electrons. The molecule has 8 heavy (non-hydrogen) atoms. The lowest BCUT2D eigenvalue weighted by molar-refractivity contribution is 0.253. The highest BCUT2D eigenvalue weighted by Gasteiger charge is 1.80. The number of rotatable bonds is 0. The Hall–Kier alpha value is -0.740. The molecule has 0 aromatic carbocycles. The van der Waals surface area contributed by atoms with Crippen molar-refractivity contribution in [2.45, 2.75) is 20.0 Å². The quantitative estimate of drug-likeness (QED) is 0.460. The van der Waals surface area contributed by atoms with Crippen LogP contribution in [0.5, 0.6) is 0 Å². The van der Waals surface area contributed by atoms with E-state index in [-0.39, 0.29) is 0 Å². The van der Waals surface area contributed by atoms with Crippen molar-refractivity contribution in [1.29, 1.82) is 0 Å². The van der Waals surface area contributed by atoms with E-state index in [9.17, 15) is 0 Å². The predicted octanol–water partition coefficient (Wildman–Crippen LogP) is 0.947. The monoisotopic (exact) mass is 110 g/mol. The Balaban J connectivity index is 3.68. The summed E-state index contributed by atoms with van der Waals surface area (Å²) < 4.78 is 0. The van der Waals surface area contributed by atoms with Crippen LogP contribution in [0.3, 0.4) is 0 Å². The van der Waals surface area contributed by atoms with Gasteiger partial charge in [0.2, 0.25) is 0 Å². The molecule has 0 radical (unpaired) electrons. The van der Waals surface area contributed by atoms with Gasteiger partial charge in [0.1, 0.15) is 6.10 Å². The number of aliphatic hydroxyl groups excluding tert-OH is 1. The van der Waals surface area contributed by atoms with E-state index in [1.807, 2.05) is 0 Å². The van der Waals surface area contributed by atoms with Gasteiger partial charge in [0.05, 0.1) is 0 Å². The van der Waals surface area contributed by atoms with Crippen LogP contribution < -0.4 is 0 Å². The van der Waals surface area contributed by atoms with Crippen molar-refractivity contribution in [1.82, 2.24) is 0 Å². The summed E-state index contributed by atoms with van der Waals surface area (Å²) in [7, 11) is 0. The first-order chi connectivity index (χ1) is 3.63. The van der Waals surface area contributed by atoms with Gasteiger partial charge in [-0.1, -0.05) is 18.4 Å². The Labute approximate surface area is 50.0 Å². The van der Waals surface area contributed by atoms with Crippen LogP contribution in [0.4, 0.5) is 0 Å². The molecule has 0 bridgehead atoms. The van der Waals surface area contributed by atoms with Crippen LogP contribution in [0.15, 0.2) is 12.2 Å². The number of hydrogen-bond donors (Lipinski definition) is 1. The smallest absolute Gasteiger partial charge is 0.112 e. The zero-order valence-corrected chi connectivity index (χ0v) is 5.23. The molecular formula is C7H10O. The lowest BCUT2D eigenvalue weighted by Gasteiger charge is -1.85. The van der Waals surface area contributed by atoms with Gasteiger partial charge in [0.15, 0.2) is 0 Å². The molecule has 0 spiro atoms. The molecule has 0 rings (SSSR count). The average Bonchev–Trinajstić information content (AvgIpc) is 1.61. The highest BCUT2D eigenvalue weighted by atomic mass is 16.3. The zero-order chi connectivity index (χ0) is 6.57. The Kier molecular flexibility index (Phi) is 2.98. The van der Waals surface area contributed by atoms with Crippen LogP contribution in [-0.2, 0) is 0 Å². The molecule has 1 nitrogen and oxygen atoms in total. The van der Waals surface area contributed by atoms with E-state index in [4.69, 9.17) is 5.11 Å². The molecule has 0 fully saturated rings. The predicted molar refractivity (Wildman–Crippen MR) is 34.3 cm³/mol. The van der Waals surface area contributed by atoms with E-state index < -0.39 is 6.10 Å². The summed E-state index contributed by atoms with van der Waals surface area (Å²) in [5, 5.41) is 8.59. The Morgan fingerprint density at radius 3 is 2.38 bits per heavy atom. The Morgan fingerprint density at radius 1 is 1.75 bits per heavy atom. The molecule has 0 aliphatic rings. The lowest BCUT2D eigenvalue weighted by Crippen LogP contribution is -1.92. The minimum absolute atomic E-state index is 0.535. The molecule has 1 atom stereocenters. The van der Waals surface area contributed by atoms with Crippen molar-refractivity contribution >= 4 is 0 Å². The van der Waals surface area contributed by atoms with Crippen LogP contribution in [-0.4, -0.2) is 11.2 Å². The normalized spacial score (nSPS) is 11.4. The van der Waals surface area contributed by atoms with Gasteiger partial charge in [-0.25, -0.2) is 0 Å². The van der Waals surface area contributed by atoms with Crippen LogP contribution in [0.25, 0.3) is 0 Å². The SMILES string of the molecule is C=C(C)C#C[C@H](C)O. The Morgan fingerprint density at radius 2 is 2.25 bits per heavy atom. The van der Waals surface area contributed by atoms with E-state index in [2.05, 4.69) is 18.4 Å². The highest BCUT2D eigenvalue weighted by molar-refractivity contribution is 5.24.